The molecule has 0 saturated heterocycles. The van der Waals surface area contributed by atoms with Crippen molar-refractivity contribution in [2.24, 2.45) is 0 Å². The third-order valence-corrected chi connectivity index (χ3v) is 3.24. The number of nitrogens with one attached hydrogen (secondary N) is 1. The number of para-hydroxylation sites is 1. The lowest BCUT2D eigenvalue weighted by atomic mass is 10.2. The second kappa shape index (κ2) is 6.92. The van der Waals surface area contributed by atoms with Crippen LogP contribution >= 0.6 is 11.3 Å². The summed E-state index contributed by atoms with van der Waals surface area (Å²) in [6, 6.07) is 11.0. The molecule has 1 heterocycles. The molecule has 0 bridgehead atoms. The van der Waals surface area contributed by atoms with Crippen LogP contribution in [0.2, 0.25) is 0 Å². The number of ether oxygens (including phenoxy) is 1. The summed E-state index contributed by atoms with van der Waals surface area (Å²) in [4.78, 5) is 11.5. The molecule has 0 aliphatic heterocycles. The van der Waals surface area contributed by atoms with Gasteiger partial charge in [0.05, 0.1) is 6.10 Å². The number of rotatable bonds is 6. The van der Waals surface area contributed by atoms with Gasteiger partial charge in [-0.05, 0) is 34.5 Å². The van der Waals surface area contributed by atoms with E-state index in [0.29, 0.717) is 5.75 Å². The van der Waals surface area contributed by atoms with Gasteiger partial charge in [0.25, 0.3) is 5.91 Å². The molecule has 2 rings (SSSR count). The zero-order valence-electron chi connectivity index (χ0n) is 10.3. The van der Waals surface area contributed by atoms with Gasteiger partial charge in [0.1, 0.15) is 5.75 Å². The molecule has 5 heteroatoms. The topological polar surface area (TPSA) is 58.6 Å². The molecular weight excluding hydrogens is 262 g/mol. The van der Waals surface area contributed by atoms with E-state index < -0.39 is 6.10 Å². The number of carbonyl (C=O) groups is 1. The minimum atomic E-state index is -0.674. The van der Waals surface area contributed by atoms with Crippen LogP contribution < -0.4 is 10.1 Å². The van der Waals surface area contributed by atoms with Gasteiger partial charge in [0.2, 0.25) is 0 Å². The van der Waals surface area contributed by atoms with Gasteiger partial charge in [0.15, 0.2) is 6.61 Å². The Balaban J connectivity index is 1.70. The molecule has 1 aromatic carbocycles. The smallest absolute Gasteiger partial charge is 0.258 e. The Kier molecular flexibility index (Phi) is 4.94. The van der Waals surface area contributed by atoms with Crippen molar-refractivity contribution < 1.29 is 14.6 Å². The Labute approximate surface area is 115 Å². The van der Waals surface area contributed by atoms with Gasteiger partial charge in [-0.1, -0.05) is 18.2 Å². The largest absolute Gasteiger partial charge is 0.484 e. The van der Waals surface area contributed by atoms with Gasteiger partial charge >= 0.3 is 0 Å². The summed E-state index contributed by atoms with van der Waals surface area (Å²) in [6.07, 6.45) is -0.674. The van der Waals surface area contributed by atoms with Gasteiger partial charge < -0.3 is 15.2 Å². The highest BCUT2D eigenvalue weighted by molar-refractivity contribution is 7.07. The first kappa shape index (κ1) is 13.6. The summed E-state index contributed by atoms with van der Waals surface area (Å²) in [5, 5.41) is 16.2. The number of aliphatic hydroxyl groups is 1. The summed E-state index contributed by atoms with van der Waals surface area (Å²) in [5.41, 5.74) is 0.814. The molecule has 0 aliphatic rings. The second-order valence-corrected chi connectivity index (χ2v) is 4.76. The molecule has 0 saturated carbocycles. The molecule has 1 atom stereocenters. The highest BCUT2D eigenvalue weighted by atomic mass is 32.1. The van der Waals surface area contributed by atoms with Crippen molar-refractivity contribution in [2.75, 3.05) is 13.2 Å². The minimum Gasteiger partial charge on any atom is -0.484 e. The molecule has 100 valence electrons. The Bertz CT molecular complexity index is 499. The van der Waals surface area contributed by atoms with Gasteiger partial charge in [-0.2, -0.15) is 11.3 Å². The molecular formula is C14H15NO3S. The maximum absolute atomic E-state index is 11.5. The Morgan fingerprint density at radius 2 is 2.11 bits per heavy atom. The van der Waals surface area contributed by atoms with Gasteiger partial charge in [-0.25, -0.2) is 0 Å². The molecule has 2 aromatic rings. The molecule has 1 unspecified atom stereocenters. The Morgan fingerprint density at radius 3 is 2.79 bits per heavy atom. The van der Waals surface area contributed by atoms with Crippen LogP contribution in [0.25, 0.3) is 0 Å². The molecule has 19 heavy (non-hydrogen) atoms. The standard InChI is InChI=1S/C14H15NO3S/c16-13(11-6-7-19-10-11)8-15-14(17)9-18-12-4-2-1-3-5-12/h1-7,10,13,16H,8-9H2,(H,15,17). The molecule has 0 aliphatic carbocycles. The quantitative estimate of drug-likeness (QED) is 0.849. The lowest BCUT2D eigenvalue weighted by Crippen LogP contribution is -2.32. The van der Waals surface area contributed by atoms with Gasteiger partial charge in [-0.3, -0.25) is 4.79 Å². The van der Waals surface area contributed by atoms with Crippen LogP contribution in [0.15, 0.2) is 47.2 Å². The number of hydrogen-bond acceptors (Lipinski definition) is 4. The fraction of sp³-hybridized carbons (Fsp3) is 0.214. The second-order valence-electron chi connectivity index (χ2n) is 3.98. The van der Waals surface area contributed by atoms with Crippen molar-refractivity contribution in [3.63, 3.8) is 0 Å². The fourth-order valence-corrected chi connectivity index (χ4v) is 2.22. The van der Waals surface area contributed by atoms with Crippen LogP contribution in [-0.4, -0.2) is 24.2 Å². The highest BCUT2D eigenvalue weighted by Crippen LogP contribution is 2.15. The average Bonchev–Trinajstić information content (AvgIpc) is 2.98. The SMILES string of the molecule is O=C(COc1ccccc1)NCC(O)c1ccsc1. The lowest BCUT2D eigenvalue weighted by molar-refractivity contribution is -0.123. The van der Waals surface area contributed by atoms with E-state index >= 15 is 0 Å². The van der Waals surface area contributed by atoms with Crippen LogP contribution in [0.3, 0.4) is 0 Å². The fourth-order valence-electron chi connectivity index (χ4n) is 1.51. The third-order valence-electron chi connectivity index (χ3n) is 2.53. The first-order valence-corrected chi connectivity index (χ1v) is 6.84. The van der Waals surface area contributed by atoms with Crippen LogP contribution in [0.4, 0.5) is 0 Å². The minimum absolute atomic E-state index is 0.0552. The van der Waals surface area contributed by atoms with E-state index in [0.717, 1.165) is 5.56 Å². The zero-order chi connectivity index (χ0) is 13.5. The van der Waals surface area contributed by atoms with Crippen LogP contribution in [0, 0.1) is 0 Å². The van der Waals surface area contributed by atoms with Gasteiger partial charge in [0, 0.05) is 6.54 Å². The predicted octanol–water partition coefficient (Wildman–Crippen LogP) is 1.98. The van der Waals surface area contributed by atoms with Crippen LogP contribution in [0.1, 0.15) is 11.7 Å². The summed E-state index contributed by atoms with van der Waals surface area (Å²) >= 11 is 1.51. The molecule has 0 fully saturated rings. The van der Waals surface area contributed by atoms with E-state index in [1.165, 1.54) is 11.3 Å². The predicted molar refractivity (Wildman–Crippen MR) is 74.2 cm³/mol. The zero-order valence-corrected chi connectivity index (χ0v) is 11.1. The Hall–Kier alpha value is -1.85. The number of amides is 1. The van der Waals surface area contributed by atoms with Crippen LogP contribution in [0.5, 0.6) is 5.75 Å². The van der Waals surface area contributed by atoms with Crippen molar-refractivity contribution in [1.82, 2.24) is 5.32 Å². The lowest BCUT2D eigenvalue weighted by Gasteiger charge is -2.11. The maximum atomic E-state index is 11.5. The van der Waals surface area contributed by atoms with Crippen molar-refractivity contribution in [3.05, 3.63) is 52.7 Å². The molecule has 0 spiro atoms. The van der Waals surface area contributed by atoms with Crippen LogP contribution in [-0.2, 0) is 4.79 Å². The summed E-state index contributed by atoms with van der Waals surface area (Å²) in [5.74, 6) is 0.397. The van der Waals surface area contributed by atoms with Crippen molar-refractivity contribution in [3.8, 4) is 5.75 Å². The first-order valence-electron chi connectivity index (χ1n) is 5.90. The molecule has 0 radical (unpaired) electrons. The number of hydrogen-bond donors (Lipinski definition) is 2. The monoisotopic (exact) mass is 277 g/mol. The number of aliphatic hydroxyl groups excluding tert-OH is 1. The number of carbonyl (C=O) groups excluding carboxylic acids is 1. The number of thiophene rings is 1. The van der Waals surface area contributed by atoms with E-state index in [2.05, 4.69) is 5.32 Å². The maximum Gasteiger partial charge on any atom is 0.258 e. The van der Waals surface area contributed by atoms with E-state index in [1.807, 2.05) is 35.0 Å². The average molecular weight is 277 g/mol. The van der Waals surface area contributed by atoms with E-state index in [4.69, 9.17) is 4.74 Å². The van der Waals surface area contributed by atoms with Crippen molar-refractivity contribution in [1.29, 1.82) is 0 Å². The first-order chi connectivity index (χ1) is 9.25. The summed E-state index contributed by atoms with van der Waals surface area (Å²) < 4.78 is 5.30. The highest BCUT2D eigenvalue weighted by Gasteiger charge is 2.10. The molecule has 1 aromatic heterocycles. The van der Waals surface area contributed by atoms with E-state index in [-0.39, 0.29) is 19.1 Å². The normalized spacial score (nSPS) is 11.8. The van der Waals surface area contributed by atoms with Crippen molar-refractivity contribution >= 4 is 17.2 Å². The number of benzene rings is 1. The van der Waals surface area contributed by atoms with Gasteiger partial charge in [-0.15, -0.1) is 0 Å². The van der Waals surface area contributed by atoms with E-state index in [9.17, 15) is 9.90 Å². The molecule has 4 nitrogen and oxygen atoms in total. The summed E-state index contributed by atoms with van der Waals surface area (Å²) in [6.45, 7) is 0.133. The molecule has 2 N–H and O–H groups in total. The Morgan fingerprint density at radius 1 is 1.32 bits per heavy atom. The van der Waals surface area contributed by atoms with Crippen molar-refractivity contribution in [2.45, 2.75) is 6.10 Å². The third kappa shape index (κ3) is 4.39. The molecule has 1 amide bonds. The summed E-state index contributed by atoms with van der Waals surface area (Å²) in [7, 11) is 0. The van der Waals surface area contributed by atoms with E-state index in [1.54, 1.807) is 12.1 Å².